The van der Waals surface area contributed by atoms with Gasteiger partial charge in [0.15, 0.2) is 23.1 Å². The summed E-state index contributed by atoms with van der Waals surface area (Å²) >= 11 is 6.31. The molecule has 38 heavy (non-hydrogen) atoms. The number of hydrogen-bond acceptors (Lipinski definition) is 8. The number of pyridine rings is 1. The van der Waals surface area contributed by atoms with Crippen LogP contribution in [0, 0.1) is 17.1 Å². The molecule has 0 aliphatic carbocycles. The standard InChI is InChI=1S/C28H26ClFN4O4/c1-35-25-14-24(21(29)13-22(25)30)33-28-19(15-31)16-32-23-10-18-11-26(36-2)27(12-17(18)9-20(23)28)38-8-5-34-3-6-37-7-4-34/h9-14,16H,3-8H2,1-2H3,(H,32,33). The highest BCUT2D eigenvalue weighted by atomic mass is 35.5. The molecule has 1 saturated heterocycles. The van der Waals surface area contributed by atoms with Crippen LogP contribution < -0.4 is 19.5 Å². The Morgan fingerprint density at radius 3 is 2.53 bits per heavy atom. The number of ether oxygens (including phenoxy) is 4. The Kier molecular flexibility index (Phi) is 7.65. The number of nitrogens with one attached hydrogen (secondary N) is 1. The third-order valence-electron chi connectivity index (χ3n) is 6.50. The molecule has 0 saturated carbocycles. The number of nitriles is 1. The van der Waals surface area contributed by atoms with Gasteiger partial charge in [-0.2, -0.15) is 5.26 Å². The molecule has 1 N–H and O–H groups in total. The highest BCUT2D eigenvalue weighted by Gasteiger charge is 2.17. The maximum Gasteiger partial charge on any atom is 0.166 e. The van der Waals surface area contributed by atoms with Gasteiger partial charge in [-0.1, -0.05) is 11.6 Å². The molecule has 5 rings (SSSR count). The highest BCUT2D eigenvalue weighted by Crippen LogP contribution is 2.39. The Labute approximate surface area is 224 Å². The molecule has 1 aromatic heterocycles. The van der Waals surface area contributed by atoms with Crippen molar-refractivity contribution in [1.29, 1.82) is 5.26 Å². The number of nitrogens with zero attached hydrogens (tertiary/aromatic N) is 3. The van der Waals surface area contributed by atoms with Crippen molar-refractivity contribution in [3.8, 4) is 23.3 Å². The number of aromatic nitrogens is 1. The molecule has 8 nitrogen and oxygen atoms in total. The predicted molar refractivity (Wildman–Crippen MR) is 145 cm³/mol. The van der Waals surface area contributed by atoms with Gasteiger partial charge in [0.2, 0.25) is 0 Å². The maximum absolute atomic E-state index is 14.1. The molecule has 0 bridgehead atoms. The molecule has 0 atom stereocenters. The van der Waals surface area contributed by atoms with E-state index in [1.807, 2.05) is 24.3 Å². The zero-order valence-corrected chi connectivity index (χ0v) is 21.8. The van der Waals surface area contributed by atoms with Crippen molar-refractivity contribution in [2.75, 3.05) is 59.0 Å². The molecule has 3 aromatic carbocycles. The Bertz CT molecular complexity index is 1540. The van der Waals surface area contributed by atoms with Crippen molar-refractivity contribution in [3.05, 3.63) is 59.0 Å². The van der Waals surface area contributed by atoms with Crippen LogP contribution in [0.3, 0.4) is 0 Å². The van der Waals surface area contributed by atoms with Crippen molar-refractivity contribution >= 4 is 44.7 Å². The van der Waals surface area contributed by atoms with Crippen LogP contribution in [0.5, 0.6) is 17.2 Å². The number of anilines is 2. The Balaban J connectivity index is 1.53. The molecule has 0 unspecified atom stereocenters. The largest absolute Gasteiger partial charge is 0.494 e. The van der Waals surface area contributed by atoms with E-state index < -0.39 is 5.82 Å². The summed E-state index contributed by atoms with van der Waals surface area (Å²) in [6.45, 7) is 4.53. The van der Waals surface area contributed by atoms with E-state index >= 15 is 0 Å². The first-order valence-electron chi connectivity index (χ1n) is 12.1. The third-order valence-corrected chi connectivity index (χ3v) is 6.81. The van der Waals surface area contributed by atoms with Crippen LogP contribution in [-0.2, 0) is 4.74 Å². The van der Waals surface area contributed by atoms with Gasteiger partial charge >= 0.3 is 0 Å². The summed E-state index contributed by atoms with van der Waals surface area (Å²) in [5.74, 6) is 0.697. The van der Waals surface area contributed by atoms with Gasteiger partial charge in [0.25, 0.3) is 0 Å². The second-order valence-electron chi connectivity index (χ2n) is 8.77. The van der Waals surface area contributed by atoms with Gasteiger partial charge in [0.1, 0.15) is 12.7 Å². The van der Waals surface area contributed by atoms with Crippen LogP contribution >= 0.6 is 11.6 Å². The lowest BCUT2D eigenvalue weighted by Gasteiger charge is -2.26. The Morgan fingerprint density at radius 2 is 1.79 bits per heavy atom. The molecule has 4 aromatic rings. The van der Waals surface area contributed by atoms with Gasteiger partial charge in [-0.05, 0) is 41.1 Å². The van der Waals surface area contributed by atoms with E-state index in [0.717, 1.165) is 43.6 Å². The molecule has 0 amide bonds. The molecule has 1 fully saturated rings. The normalized spacial score (nSPS) is 13.9. The monoisotopic (exact) mass is 536 g/mol. The highest BCUT2D eigenvalue weighted by molar-refractivity contribution is 6.33. The molecule has 0 spiro atoms. The second kappa shape index (κ2) is 11.3. The van der Waals surface area contributed by atoms with Crippen molar-refractivity contribution in [2.45, 2.75) is 0 Å². The smallest absolute Gasteiger partial charge is 0.166 e. The first kappa shape index (κ1) is 25.8. The van der Waals surface area contributed by atoms with E-state index in [1.165, 1.54) is 25.4 Å². The van der Waals surface area contributed by atoms with Crippen LogP contribution in [0.15, 0.2) is 42.6 Å². The molecular weight excluding hydrogens is 511 g/mol. The van der Waals surface area contributed by atoms with E-state index in [2.05, 4.69) is 21.3 Å². The summed E-state index contributed by atoms with van der Waals surface area (Å²) in [5.41, 5.74) is 1.87. The minimum absolute atomic E-state index is 0.0326. The van der Waals surface area contributed by atoms with Crippen LogP contribution in [0.25, 0.3) is 21.7 Å². The summed E-state index contributed by atoms with van der Waals surface area (Å²) in [7, 11) is 2.98. The number of methoxy groups -OCH3 is 2. The SMILES string of the molecule is COc1cc(Nc2c(C#N)cnc3cc4cc(OC)c(OCCN5CCOCC5)cc4cc23)c(Cl)cc1F. The van der Waals surface area contributed by atoms with Crippen LogP contribution in [-0.4, -0.2) is 63.6 Å². The Morgan fingerprint density at radius 1 is 1.05 bits per heavy atom. The first-order valence-corrected chi connectivity index (χ1v) is 12.5. The molecule has 1 aliphatic heterocycles. The van der Waals surface area contributed by atoms with Crippen LogP contribution in [0.2, 0.25) is 5.02 Å². The molecule has 2 heterocycles. The predicted octanol–water partition coefficient (Wildman–Crippen LogP) is 5.52. The number of benzene rings is 3. The number of hydrogen-bond donors (Lipinski definition) is 1. The lowest BCUT2D eigenvalue weighted by molar-refractivity contribution is 0.0321. The maximum atomic E-state index is 14.1. The zero-order valence-electron chi connectivity index (χ0n) is 21.0. The minimum Gasteiger partial charge on any atom is -0.494 e. The number of rotatable bonds is 8. The van der Waals surface area contributed by atoms with Crippen LogP contribution in [0.1, 0.15) is 5.56 Å². The molecule has 1 aliphatic rings. The second-order valence-corrected chi connectivity index (χ2v) is 9.18. The summed E-state index contributed by atoms with van der Waals surface area (Å²) in [5, 5.41) is 15.6. The van der Waals surface area contributed by atoms with E-state index in [1.54, 1.807) is 7.11 Å². The van der Waals surface area contributed by atoms with Gasteiger partial charge in [-0.3, -0.25) is 9.88 Å². The number of halogens is 2. The van der Waals surface area contributed by atoms with E-state index in [-0.39, 0.29) is 10.8 Å². The van der Waals surface area contributed by atoms with Crippen LogP contribution in [0.4, 0.5) is 15.8 Å². The Hall–Kier alpha value is -3.84. The summed E-state index contributed by atoms with van der Waals surface area (Å²) in [6.07, 6.45) is 1.49. The molecular formula is C28H26ClFN4O4. The molecule has 0 radical (unpaired) electrons. The van der Waals surface area contributed by atoms with Crippen molar-refractivity contribution in [2.24, 2.45) is 0 Å². The topological polar surface area (TPSA) is 88.9 Å². The minimum atomic E-state index is -0.579. The third kappa shape index (κ3) is 5.24. The van der Waals surface area contributed by atoms with Gasteiger partial charge in [-0.15, -0.1) is 0 Å². The molecule has 10 heteroatoms. The van der Waals surface area contributed by atoms with Crippen molar-refractivity contribution in [1.82, 2.24) is 9.88 Å². The average Bonchev–Trinajstić information content (AvgIpc) is 2.93. The van der Waals surface area contributed by atoms with E-state index in [0.29, 0.717) is 45.9 Å². The molecule has 196 valence electrons. The van der Waals surface area contributed by atoms with Gasteiger partial charge in [-0.25, -0.2) is 4.39 Å². The van der Waals surface area contributed by atoms with Gasteiger partial charge in [0, 0.05) is 37.3 Å². The number of fused-ring (bicyclic) bond motifs is 2. The van der Waals surface area contributed by atoms with Gasteiger partial charge in [0.05, 0.1) is 54.9 Å². The number of morpholine rings is 1. The lowest BCUT2D eigenvalue weighted by atomic mass is 10.0. The summed E-state index contributed by atoms with van der Waals surface area (Å²) < 4.78 is 36.3. The zero-order chi connectivity index (χ0) is 26.6. The first-order chi connectivity index (χ1) is 18.5. The fourth-order valence-electron chi connectivity index (χ4n) is 4.46. The quantitative estimate of drug-likeness (QED) is 0.294. The lowest BCUT2D eigenvalue weighted by Crippen LogP contribution is -2.38. The van der Waals surface area contributed by atoms with Crippen molar-refractivity contribution in [3.63, 3.8) is 0 Å². The fourth-order valence-corrected chi connectivity index (χ4v) is 4.66. The fraction of sp³-hybridized carbons (Fsp3) is 0.286. The summed E-state index contributed by atoms with van der Waals surface area (Å²) in [6, 6.07) is 12.5. The average molecular weight is 537 g/mol. The van der Waals surface area contributed by atoms with E-state index in [9.17, 15) is 9.65 Å². The summed E-state index contributed by atoms with van der Waals surface area (Å²) in [4.78, 5) is 6.78. The van der Waals surface area contributed by atoms with Gasteiger partial charge < -0.3 is 24.3 Å². The van der Waals surface area contributed by atoms with E-state index in [4.69, 9.17) is 30.5 Å². The van der Waals surface area contributed by atoms with Crippen molar-refractivity contribution < 1.29 is 23.3 Å².